The van der Waals surface area contributed by atoms with Crippen molar-refractivity contribution >= 4 is 11.8 Å². The third-order valence-electron chi connectivity index (χ3n) is 3.88. The smallest absolute Gasteiger partial charge is 0.224 e. The maximum atomic E-state index is 12.0. The molecule has 2 rings (SSSR count). The zero-order valence-electron chi connectivity index (χ0n) is 12.8. The molecular formula is C17H24N2O2. The summed E-state index contributed by atoms with van der Waals surface area (Å²) in [6.07, 6.45) is 2.73. The lowest BCUT2D eigenvalue weighted by molar-refractivity contribution is -0.127. The highest BCUT2D eigenvalue weighted by Gasteiger charge is 2.47. The van der Waals surface area contributed by atoms with Crippen LogP contribution >= 0.6 is 0 Å². The standard InChI is InChI=1S/C17H24N2O2/c1-3-4-9-18-16(20)14-10-15(14)17(21)19-11-13-7-5-12(2)6-8-13/h5-8,14-15H,3-4,9-11H2,1-2H3,(H,18,20)(H,19,21). The Kier molecular flexibility index (Phi) is 5.37. The van der Waals surface area contributed by atoms with E-state index in [1.54, 1.807) is 0 Å². The Morgan fingerprint density at radius 1 is 1.10 bits per heavy atom. The van der Waals surface area contributed by atoms with E-state index in [2.05, 4.69) is 17.6 Å². The van der Waals surface area contributed by atoms with Crippen LogP contribution in [0.25, 0.3) is 0 Å². The van der Waals surface area contributed by atoms with Gasteiger partial charge in [-0.3, -0.25) is 9.59 Å². The minimum absolute atomic E-state index is 0.00813. The molecule has 4 heteroatoms. The van der Waals surface area contributed by atoms with E-state index in [9.17, 15) is 9.59 Å². The third-order valence-corrected chi connectivity index (χ3v) is 3.88. The number of hydrogen-bond donors (Lipinski definition) is 2. The molecule has 0 aliphatic heterocycles. The van der Waals surface area contributed by atoms with Crippen molar-refractivity contribution in [2.75, 3.05) is 6.54 Å². The highest BCUT2D eigenvalue weighted by atomic mass is 16.2. The highest BCUT2D eigenvalue weighted by molar-refractivity contribution is 5.92. The molecule has 0 saturated heterocycles. The van der Waals surface area contributed by atoms with Crippen molar-refractivity contribution in [1.82, 2.24) is 10.6 Å². The summed E-state index contributed by atoms with van der Waals surface area (Å²) in [5.41, 5.74) is 2.29. The van der Waals surface area contributed by atoms with Crippen LogP contribution in [0.5, 0.6) is 0 Å². The molecule has 4 nitrogen and oxygen atoms in total. The van der Waals surface area contributed by atoms with Gasteiger partial charge in [0.25, 0.3) is 0 Å². The van der Waals surface area contributed by atoms with Gasteiger partial charge < -0.3 is 10.6 Å². The second-order valence-electron chi connectivity index (χ2n) is 5.80. The van der Waals surface area contributed by atoms with Gasteiger partial charge in [0, 0.05) is 13.1 Å². The summed E-state index contributed by atoms with van der Waals surface area (Å²) in [5, 5.41) is 5.80. The van der Waals surface area contributed by atoms with Crippen LogP contribution in [0.3, 0.4) is 0 Å². The van der Waals surface area contributed by atoms with E-state index in [0.717, 1.165) is 18.4 Å². The second kappa shape index (κ2) is 7.25. The number of hydrogen-bond acceptors (Lipinski definition) is 2. The van der Waals surface area contributed by atoms with E-state index in [-0.39, 0.29) is 23.7 Å². The van der Waals surface area contributed by atoms with E-state index in [1.807, 2.05) is 31.2 Å². The summed E-state index contributed by atoms with van der Waals surface area (Å²) in [6, 6.07) is 8.08. The first kappa shape index (κ1) is 15.5. The molecule has 1 aliphatic rings. The molecule has 2 atom stereocenters. The number of carbonyl (C=O) groups excluding carboxylic acids is 2. The third kappa shape index (κ3) is 4.59. The average Bonchev–Trinajstić information content (AvgIpc) is 3.27. The van der Waals surface area contributed by atoms with E-state index in [0.29, 0.717) is 19.5 Å². The number of unbranched alkanes of at least 4 members (excludes halogenated alkanes) is 1. The Balaban J connectivity index is 1.70. The van der Waals surface area contributed by atoms with Crippen molar-refractivity contribution in [2.24, 2.45) is 11.8 Å². The topological polar surface area (TPSA) is 58.2 Å². The van der Waals surface area contributed by atoms with E-state index in [1.165, 1.54) is 5.56 Å². The molecule has 1 aromatic carbocycles. The molecule has 114 valence electrons. The Morgan fingerprint density at radius 3 is 2.33 bits per heavy atom. The number of amides is 2. The van der Waals surface area contributed by atoms with Crippen LogP contribution < -0.4 is 10.6 Å². The zero-order chi connectivity index (χ0) is 15.2. The number of carbonyl (C=O) groups is 2. The highest BCUT2D eigenvalue weighted by Crippen LogP contribution is 2.38. The predicted molar refractivity (Wildman–Crippen MR) is 82.5 cm³/mol. The van der Waals surface area contributed by atoms with Gasteiger partial charge in [-0.15, -0.1) is 0 Å². The van der Waals surface area contributed by atoms with Gasteiger partial charge in [0.15, 0.2) is 0 Å². The molecule has 0 aromatic heterocycles. The van der Waals surface area contributed by atoms with Crippen LogP contribution in [0.2, 0.25) is 0 Å². The van der Waals surface area contributed by atoms with Crippen LogP contribution in [0.15, 0.2) is 24.3 Å². The fourth-order valence-electron chi connectivity index (χ4n) is 2.32. The monoisotopic (exact) mass is 288 g/mol. The first-order valence-corrected chi connectivity index (χ1v) is 7.72. The molecular weight excluding hydrogens is 264 g/mol. The fraction of sp³-hybridized carbons (Fsp3) is 0.529. The first-order valence-electron chi connectivity index (χ1n) is 7.72. The lowest BCUT2D eigenvalue weighted by Gasteiger charge is -2.06. The van der Waals surface area contributed by atoms with Crippen molar-refractivity contribution in [1.29, 1.82) is 0 Å². The summed E-state index contributed by atoms with van der Waals surface area (Å²) in [4.78, 5) is 23.8. The van der Waals surface area contributed by atoms with Crippen molar-refractivity contribution in [3.05, 3.63) is 35.4 Å². The second-order valence-corrected chi connectivity index (χ2v) is 5.80. The van der Waals surface area contributed by atoms with Gasteiger partial charge in [0.1, 0.15) is 0 Å². The first-order chi connectivity index (χ1) is 10.1. The van der Waals surface area contributed by atoms with Crippen molar-refractivity contribution < 1.29 is 9.59 Å². The largest absolute Gasteiger partial charge is 0.356 e. The van der Waals surface area contributed by atoms with Crippen LogP contribution in [0.1, 0.15) is 37.3 Å². The summed E-state index contributed by atoms with van der Waals surface area (Å²) >= 11 is 0. The fourth-order valence-corrected chi connectivity index (χ4v) is 2.32. The van der Waals surface area contributed by atoms with Crippen LogP contribution in [0, 0.1) is 18.8 Å². The summed E-state index contributed by atoms with van der Waals surface area (Å²) in [5.74, 6) is -0.248. The quantitative estimate of drug-likeness (QED) is 0.755. The Morgan fingerprint density at radius 2 is 1.71 bits per heavy atom. The predicted octanol–water partition coefficient (Wildman–Crippen LogP) is 2.16. The van der Waals surface area contributed by atoms with Gasteiger partial charge in [-0.1, -0.05) is 43.2 Å². The van der Waals surface area contributed by atoms with E-state index >= 15 is 0 Å². The molecule has 1 aromatic rings. The zero-order valence-corrected chi connectivity index (χ0v) is 12.8. The van der Waals surface area contributed by atoms with Crippen molar-refractivity contribution in [3.8, 4) is 0 Å². The molecule has 1 fully saturated rings. The lowest BCUT2D eigenvalue weighted by Crippen LogP contribution is -2.30. The SMILES string of the molecule is CCCCNC(=O)C1CC1C(=O)NCc1ccc(C)cc1. The summed E-state index contributed by atoms with van der Waals surface area (Å²) in [7, 11) is 0. The summed E-state index contributed by atoms with van der Waals surface area (Å²) < 4.78 is 0. The Labute approximate surface area is 126 Å². The molecule has 0 heterocycles. The van der Waals surface area contributed by atoms with E-state index in [4.69, 9.17) is 0 Å². The molecule has 0 radical (unpaired) electrons. The van der Waals surface area contributed by atoms with E-state index < -0.39 is 0 Å². The van der Waals surface area contributed by atoms with Crippen LogP contribution in [-0.4, -0.2) is 18.4 Å². The number of nitrogens with one attached hydrogen (secondary N) is 2. The maximum absolute atomic E-state index is 12.0. The minimum atomic E-state index is -0.142. The molecule has 2 amide bonds. The van der Waals surface area contributed by atoms with Crippen molar-refractivity contribution in [2.45, 2.75) is 39.7 Å². The Bertz CT molecular complexity index is 496. The van der Waals surface area contributed by atoms with Crippen LogP contribution in [-0.2, 0) is 16.1 Å². The number of rotatable bonds is 7. The van der Waals surface area contributed by atoms with Gasteiger partial charge in [0.05, 0.1) is 11.8 Å². The van der Waals surface area contributed by atoms with Crippen molar-refractivity contribution in [3.63, 3.8) is 0 Å². The van der Waals surface area contributed by atoms with Gasteiger partial charge in [-0.25, -0.2) is 0 Å². The number of aryl methyl sites for hydroxylation is 1. The molecule has 2 N–H and O–H groups in total. The van der Waals surface area contributed by atoms with Gasteiger partial charge in [-0.05, 0) is 25.3 Å². The van der Waals surface area contributed by atoms with Crippen LogP contribution in [0.4, 0.5) is 0 Å². The lowest BCUT2D eigenvalue weighted by atomic mass is 10.1. The maximum Gasteiger partial charge on any atom is 0.224 e. The molecule has 21 heavy (non-hydrogen) atoms. The molecule has 1 saturated carbocycles. The molecule has 1 aliphatic carbocycles. The summed E-state index contributed by atoms with van der Waals surface area (Å²) in [6.45, 7) is 5.36. The van der Waals surface area contributed by atoms with Gasteiger partial charge >= 0.3 is 0 Å². The molecule has 0 bridgehead atoms. The Hall–Kier alpha value is -1.84. The molecule has 2 unspecified atom stereocenters. The minimum Gasteiger partial charge on any atom is -0.356 e. The normalized spacial score (nSPS) is 19.9. The average molecular weight is 288 g/mol. The number of benzene rings is 1. The van der Waals surface area contributed by atoms with Gasteiger partial charge in [-0.2, -0.15) is 0 Å². The van der Waals surface area contributed by atoms with Gasteiger partial charge in [0.2, 0.25) is 11.8 Å². The molecule has 0 spiro atoms.